The van der Waals surface area contributed by atoms with E-state index in [2.05, 4.69) is 10.3 Å². The Bertz CT molecular complexity index is 482. The average Bonchev–Trinajstić information content (AvgIpc) is 2.78. The molecule has 4 nitrogen and oxygen atoms in total. The third kappa shape index (κ3) is 3.07. The highest BCUT2D eigenvalue weighted by Crippen LogP contribution is 2.23. The Hall–Kier alpha value is -1.69. The van der Waals surface area contributed by atoms with E-state index in [1.165, 1.54) is 18.2 Å². The largest absolute Gasteiger partial charge is 0.354 e. The molecule has 20 heavy (non-hydrogen) atoms. The zero-order valence-electron chi connectivity index (χ0n) is 12.0. The molecule has 0 spiro atoms. The van der Waals surface area contributed by atoms with Crippen molar-refractivity contribution < 1.29 is 8.78 Å². The van der Waals surface area contributed by atoms with Crippen LogP contribution < -0.4 is 5.32 Å². The van der Waals surface area contributed by atoms with Gasteiger partial charge in [-0.2, -0.15) is 0 Å². The van der Waals surface area contributed by atoms with Gasteiger partial charge in [0, 0.05) is 25.7 Å². The molecule has 110 valence electrons. The van der Waals surface area contributed by atoms with Crippen LogP contribution in [0.3, 0.4) is 0 Å². The standard InChI is InChI=1S/C14H20F2N4/c1-19(2)12(9-18-14-17-7-8-20(14)3)13-10(15)5-4-6-11(13)16/h4-6,12H,7-9H2,1-3H3,(H,17,18). The molecule has 1 atom stereocenters. The highest BCUT2D eigenvalue weighted by atomic mass is 19.1. The van der Waals surface area contributed by atoms with Crippen LogP contribution in [0.25, 0.3) is 0 Å². The van der Waals surface area contributed by atoms with Crippen molar-refractivity contribution in [3.63, 3.8) is 0 Å². The smallest absolute Gasteiger partial charge is 0.193 e. The summed E-state index contributed by atoms with van der Waals surface area (Å²) in [7, 11) is 5.55. The van der Waals surface area contributed by atoms with Crippen LogP contribution in [0, 0.1) is 11.6 Å². The lowest BCUT2D eigenvalue weighted by Crippen LogP contribution is -2.40. The van der Waals surface area contributed by atoms with Crippen LogP contribution in [0.4, 0.5) is 8.78 Å². The van der Waals surface area contributed by atoms with Crippen molar-refractivity contribution >= 4 is 5.96 Å². The predicted molar refractivity (Wildman–Crippen MR) is 75.7 cm³/mol. The Kier molecular flexibility index (Phi) is 4.54. The molecule has 1 unspecified atom stereocenters. The maximum Gasteiger partial charge on any atom is 0.193 e. The second kappa shape index (κ2) is 6.17. The fourth-order valence-corrected chi connectivity index (χ4v) is 2.28. The third-order valence-electron chi connectivity index (χ3n) is 3.47. The highest BCUT2D eigenvalue weighted by Gasteiger charge is 2.23. The molecule has 0 bridgehead atoms. The average molecular weight is 282 g/mol. The van der Waals surface area contributed by atoms with Crippen LogP contribution in [-0.4, -0.2) is 56.5 Å². The number of hydrogen-bond acceptors (Lipinski definition) is 4. The number of guanidine groups is 1. The predicted octanol–water partition coefficient (Wildman–Crippen LogP) is 1.46. The SMILES string of the molecule is CN1CCN=C1NCC(c1c(F)cccc1F)N(C)C. The number of rotatable bonds is 4. The molecule has 1 N–H and O–H groups in total. The highest BCUT2D eigenvalue weighted by molar-refractivity contribution is 5.81. The summed E-state index contributed by atoms with van der Waals surface area (Å²) >= 11 is 0. The van der Waals surface area contributed by atoms with Gasteiger partial charge in [0.25, 0.3) is 0 Å². The van der Waals surface area contributed by atoms with Crippen molar-refractivity contribution in [1.29, 1.82) is 0 Å². The lowest BCUT2D eigenvalue weighted by molar-refractivity contribution is 0.281. The van der Waals surface area contributed by atoms with E-state index in [0.29, 0.717) is 6.54 Å². The molecule has 0 aliphatic carbocycles. The van der Waals surface area contributed by atoms with Crippen molar-refractivity contribution in [2.45, 2.75) is 6.04 Å². The van der Waals surface area contributed by atoms with E-state index in [1.54, 1.807) is 19.0 Å². The topological polar surface area (TPSA) is 30.9 Å². The first kappa shape index (κ1) is 14.7. The minimum absolute atomic E-state index is 0.0891. The summed E-state index contributed by atoms with van der Waals surface area (Å²) in [6, 6.07) is 3.55. The lowest BCUT2D eigenvalue weighted by atomic mass is 10.0. The van der Waals surface area contributed by atoms with Gasteiger partial charge in [0.15, 0.2) is 5.96 Å². The van der Waals surface area contributed by atoms with E-state index in [4.69, 9.17) is 0 Å². The number of aliphatic imine (C=N–C) groups is 1. The van der Waals surface area contributed by atoms with Gasteiger partial charge in [-0.05, 0) is 26.2 Å². The fourth-order valence-electron chi connectivity index (χ4n) is 2.28. The maximum absolute atomic E-state index is 13.9. The number of nitrogens with one attached hydrogen (secondary N) is 1. The van der Waals surface area contributed by atoms with Crippen LogP contribution in [0.5, 0.6) is 0 Å². The molecule has 0 fully saturated rings. The molecule has 2 rings (SSSR count). The van der Waals surface area contributed by atoms with Crippen LogP contribution in [0.15, 0.2) is 23.2 Å². The number of likely N-dealkylation sites (N-methyl/N-ethyl adjacent to an activating group) is 2. The minimum atomic E-state index is -0.521. The number of hydrogen-bond donors (Lipinski definition) is 1. The molecule has 1 aromatic rings. The van der Waals surface area contributed by atoms with E-state index >= 15 is 0 Å². The van der Waals surface area contributed by atoms with Gasteiger partial charge in [-0.3, -0.25) is 4.99 Å². The fraction of sp³-hybridized carbons (Fsp3) is 0.500. The van der Waals surface area contributed by atoms with Gasteiger partial charge in [-0.1, -0.05) is 6.07 Å². The van der Waals surface area contributed by atoms with E-state index in [-0.39, 0.29) is 5.56 Å². The molecular formula is C14H20F2N4. The van der Waals surface area contributed by atoms with Gasteiger partial charge in [0.2, 0.25) is 0 Å². The second-order valence-electron chi connectivity index (χ2n) is 5.12. The molecular weight excluding hydrogens is 262 g/mol. The van der Waals surface area contributed by atoms with Gasteiger partial charge in [0.05, 0.1) is 12.6 Å². The quantitative estimate of drug-likeness (QED) is 0.907. The molecule has 1 heterocycles. The summed E-state index contributed by atoms with van der Waals surface area (Å²) in [5, 5.41) is 3.17. The Labute approximate surface area is 118 Å². The summed E-state index contributed by atoms with van der Waals surface area (Å²) in [5.41, 5.74) is 0.0891. The zero-order valence-corrected chi connectivity index (χ0v) is 12.0. The van der Waals surface area contributed by atoms with Crippen LogP contribution >= 0.6 is 0 Å². The Balaban J connectivity index is 2.15. The van der Waals surface area contributed by atoms with Gasteiger partial charge in [0.1, 0.15) is 11.6 Å². The van der Waals surface area contributed by atoms with Crippen molar-refractivity contribution in [3.05, 3.63) is 35.4 Å². The molecule has 0 amide bonds. The molecule has 1 aliphatic rings. The summed E-state index contributed by atoms with van der Waals surface area (Å²) in [5.74, 6) is -0.270. The van der Waals surface area contributed by atoms with E-state index < -0.39 is 17.7 Å². The lowest BCUT2D eigenvalue weighted by Gasteiger charge is -2.27. The van der Waals surface area contributed by atoms with Crippen molar-refractivity contribution in [2.24, 2.45) is 4.99 Å². The first-order valence-corrected chi connectivity index (χ1v) is 6.60. The second-order valence-corrected chi connectivity index (χ2v) is 5.12. The summed E-state index contributed by atoms with van der Waals surface area (Å²) in [6.45, 7) is 2.01. The van der Waals surface area contributed by atoms with E-state index in [9.17, 15) is 8.78 Å². The molecule has 0 saturated heterocycles. The van der Waals surface area contributed by atoms with Crippen LogP contribution in [0.2, 0.25) is 0 Å². The van der Waals surface area contributed by atoms with E-state index in [1.807, 2.05) is 11.9 Å². The normalized spacial score (nSPS) is 16.5. The Morgan fingerprint density at radius 3 is 2.50 bits per heavy atom. The molecule has 0 aromatic heterocycles. The first-order chi connectivity index (χ1) is 9.50. The Morgan fingerprint density at radius 2 is 2.00 bits per heavy atom. The van der Waals surface area contributed by atoms with Crippen molar-refractivity contribution in [3.8, 4) is 0 Å². The van der Waals surface area contributed by atoms with Crippen LogP contribution in [0.1, 0.15) is 11.6 Å². The van der Waals surface area contributed by atoms with Crippen molar-refractivity contribution in [1.82, 2.24) is 15.1 Å². The number of halogens is 2. The molecule has 6 heteroatoms. The Morgan fingerprint density at radius 1 is 1.35 bits per heavy atom. The van der Waals surface area contributed by atoms with Gasteiger partial charge in [-0.25, -0.2) is 8.78 Å². The zero-order chi connectivity index (χ0) is 14.7. The van der Waals surface area contributed by atoms with Crippen molar-refractivity contribution in [2.75, 3.05) is 40.8 Å². The molecule has 1 aromatic carbocycles. The third-order valence-corrected chi connectivity index (χ3v) is 3.47. The molecule has 1 aliphatic heterocycles. The van der Waals surface area contributed by atoms with E-state index in [0.717, 1.165) is 19.0 Å². The first-order valence-electron chi connectivity index (χ1n) is 6.60. The minimum Gasteiger partial charge on any atom is -0.354 e. The van der Waals surface area contributed by atoms with Crippen LogP contribution in [-0.2, 0) is 0 Å². The van der Waals surface area contributed by atoms with Gasteiger partial charge in [-0.15, -0.1) is 0 Å². The molecule has 0 saturated carbocycles. The summed E-state index contributed by atoms with van der Waals surface area (Å²) in [6.07, 6.45) is 0. The maximum atomic E-state index is 13.9. The van der Waals surface area contributed by atoms with Gasteiger partial charge < -0.3 is 15.1 Å². The summed E-state index contributed by atoms with van der Waals surface area (Å²) in [4.78, 5) is 8.10. The molecule has 0 radical (unpaired) electrons. The number of nitrogens with zero attached hydrogens (tertiary/aromatic N) is 3. The summed E-state index contributed by atoms with van der Waals surface area (Å²) < 4.78 is 27.8. The monoisotopic (exact) mass is 282 g/mol. The number of benzene rings is 1. The van der Waals surface area contributed by atoms with Gasteiger partial charge >= 0.3 is 0 Å².